The molecule has 1 atom stereocenters. The van der Waals surface area contributed by atoms with Crippen molar-refractivity contribution in [3.8, 4) is 11.4 Å². The fourth-order valence-electron chi connectivity index (χ4n) is 1.88. The molecular formula is C14H17FN4O2. The molecule has 4 N–H and O–H groups in total. The van der Waals surface area contributed by atoms with Crippen molar-refractivity contribution < 1.29 is 14.3 Å². The standard InChI is InChI=1S/C14H17FN4O2/c1-8-5-10(15)3-4-11(8)19-7-12(20)13(18-19)14(21)17-9(2)6-16/h3-5,7,9,20H,6,16H2,1-2H3,(H,17,21)/t9-/m0/s1. The van der Waals surface area contributed by atoms with E-state index in [1.165, 1.54) is 29.1 Å². The molecule has 7 heteroatoms. The van der Waals surface area contributed by atoms with Crippen LogP contribution in [0.2, 0.25) is 0 Å². The number of nitrogens with zero attached hydrogens (tertiary/aromatic N) is 2. The third-order valence-electron chi connectivity index (χ3n) is 3.05. The van der Waals surface area contributed by atoms with E-state index < -0.39 is 5.91 Å². The topological polar surface area (TPSA) is 93.2 Å². The number of hydrogen-bond acceptors (Lipinski definition) is 4. The van der Waals surface area contributed by atoms with Gasteiger partial charge in [-0.2, -0.15) is 5.10 Å². The monoisotopic (exact) mass is 292 g/mol. The van der Waals surface area contributed by atoms with Gasteiger partial charge in [0.05, 0.1) is 11.9 Å². The van der Waals surface area contributed by atoms with Crippen LogP contribution in [-0.2, 0) is 0 Å². The molecule has 0 unspecified atom stereocenters. The molecule has 2 rings (SSSR count). The number of nitrogens with two attached hydrogens (primary N) is 1. The number of aromatic nitrogens is 2. The van der Waals surface area contributed by atoms with Gasteiger partial charge in [0.25, 0.3) is 5.91 Å². The van der Waals surface area contributed by atoms with Gasteiger partial charge < -0.3 is 16.2 Å². The van der Waals surface area contributed by atoms with Crippen LogP contribution in [0, 0.1) is 12.7 Å². The molecule has 0 aliphatic carbocycles. The molecule has 0 saturated heterocycles. The molecule has 0 fully saturated rings. The van der Waals surface area contributed by atoms with Gasteiger partial charge in [0.1, 0.15) is 5.82 Å². The summed E-state index contributed by atoms with van der Waals surface area (Å²) < 4.78 is 14.4. The number of aromatic hydroxyl groups is 1. The molecule has 1 aromatic carbocycles. The normalized spacial score (nSPS) is 12.2. The molecule has 0 bridgehead atoms. The number of benzene rings is 1. The van der Waals surface area contributed by atoms with Gasteiger partial charge >= 0.3 is 0 Å². The number of carbonyl (C=O) groups excluding carboxylic acids is 1. The zero-order chi connectivity index (χ0) is 15.6. The van der Waals surface area contributed by atoms with E-state index >= 15 is 0 Å². The minimum Gasteiger partial charge on any atom is -0.504 e. The maximum Gasteiger partial charge on any atom is 0.275 e. The molecule has 6 nitrogen and oxygen atoms in total. The Kier molecular flexibility index (Phi) is 4.23. The zero-order valence-corrected chi connectivity index (χ0v) is 11.8. The Morgan fingerprint density at radius 1 is 1.57 bits per heavy atom. The smallest absolute Gasteiger partial charge is 0.275 e. The Morgan fingerprint density at radius 2 is 2.29 bits per heavy atom. The summed E-state index contributed by atoms with van der Waals surface area (Å²) in [5, 5.41) is 16.5. The van der Waals surface area contributed by atoms with Crippen molar-refractivity contribution >= 4 is 5.91 Å². The summed E-state index contributed by atoms with van der Waals surface area (Å²) in [4.78, 5) is 12.0. The van der Waals surface area contributed by atoms with Crippen molar-refractivity contribution in [2.45, 2.75) is 19.9 Å². The minimum atomic E-state index is -0.510. The van der Waals surface area contributed by atoms with Crippen molar-refractivity contribution in [2.75, 3.05) is 6.54 Å². The Bertz CT molecular complexity index is 669. The van der Waals surface area contributed by atoms with Crippen molar-refractivity contribution in [3.05, 3.63) is 41.5 Å². The molecule has 0 spiro atoms. The lowest BCUT2D eigenvalue weighted by Crippen LogP contribution is -2.38. The van der Waals surface area contributed by atoms with Gasteiger partial charge in [0.2, 0.25) is 0 Å². The average Bonchev–Trinajstić information content (AvgIpc) is 2.80. The molecule has 0 aliphatic heterocycles. The number of amides is 1. The second-order valence-corrected chi connectivity index (χ2v) is 4.85. The number of rotatable bonds is 4. The molecule has 0 aliphatic rings. The van der Waals surface area contributed by atoms with Crippen LogP contribution in [0.15, 0.2) is 24.4 Å². The Morgan fingerprint density at radius 3 is 2.90 bits per heavy atom. The van der Waals surface area contributed by atoms with Gasteiger partial charge in [-0.1, -0.05) is 0 Å². The van der Waals surface area contributed by atoms with E-state index in [2.05, 4.69) is 10.4 Å². The van der Waals surface area contributed by atoms with E-state index in [4.69, 9.17) is 5.73 Å². The highest BCUT2D eigenvalue weighted by Gasteiger charge is 2.18. The quantitative estimate of drug-likeness (QED) is 0.786. The molecule has 21 heavy (non-hydrogen) atoms. The van der Waals surface area contributed by atoms with Gasteiger partial charge in [-0.15, -0.1) is 0 Å². The second kappa shape index (κ2) is 5.92. The highest BCUT2D eigenvalue weighted by molar-refractivity contribution is 5.95. The van der Waals surface area contributed by atoms with Gasteiger partial charge in [-0.25, -0.2) is 9.07 Å². The second-order valence-electron chi connectivity index (χ2n) is 4.85. The summed E-state index contributed by atoms with van der Waals surface area (Å²) >= 11 is 0. The van der Waals surface area contributed by atoms with Gasteiger partial charge in [0, 0.05) is 12.6 Å². The number of aryl methyl sites for hydroxylation is 1. The minimum absolute atomic E-state index is 0.0981. The lowest BCUT2D eigenvalue weighted by molar-refractivity contribution is 0.0933. The van der Waals surface area contributed by atoms with E-state index in [9.17, 15) is 14.3 Å². The molecular weight excluding hydrogens is 275 g/mol. The predicted molar refractivity (Wildman–Crippen MR) is 75.9 cm³/mol. The third kappa shape index (κ3) is 3.19. The van der Waals surface area contributed by atoms with Crippen LogP contribution >= 0.6 is 0 Å². The van der Waals surface area contributed by atoms with Crippen LogP contribution in [-0.4, -0.2) is 33.4 Å². The molecule has 1 aromatic heterocycles. The third-order valence-corrected chi connectivity index (χ3v) is 3.05. The first-order valence-corrected chi connectivity index (χ1v) is 6.48. The first-order chi connectivity index (χ1) is 9.92. The molecule has 112 valence electrons. The summed E-state index contributed by atoms with van der Waals surface area (Å²) in [6.07, 6.45) is 1.31. The van der Waals surface area contributed by atoms with E-state index in [0.29, 0.717) is 11.3 Å². The van der Waals surface area contributed by atoms with Crippen LogP contribution < -0.4 is 11.1 Å². The number of halogens is 1. The highest BCUT2D eigenvalue weighted by atomic mass is 19.1. The fraction of sp³-hybridized carbons (Fsp3) is 0.286. The summed E-state index contributed by atoms with van der Waals surface area (Å²) in [6, 6.07) is 3.94. The van der Waals surface area contributed by atoms with Crippen LogP contribution in [0.5, 0.6) is 5.75 Å². The zero-order valence-electron chi connectivity index (χ0n) is 11.8. The molecule has 1 heterocycles. The molecule has 2 aromatic rings. The van der Waals surface area contributed by atoms with Crippen molar-refractivity contribution in [1.29, 1.82) is 0 Å². The van der Waals surface area contributed by atoms with Crippen LogP contribution in [0.3, 0.4) is 0 Å². The predicted octanol–water partition coefficient (Wildman–Crippen LogP) is 1.10. The summed E-state index contributed by atoms with van der Waals surface area (Å²) in [5.74, 6) is -1.12. The van der Waals surface area contributed by atoms with Gasteiger partial charge in [-0.3, -0.25) is 4.79 Å². The Balaban J connectivity index is 2.32. The summed E-state index contributed by atoms with van der Waals surface area (Å²) in [6.45, 7) is 3.74. The summed E-state index contributed by atoms with van der Waals surface area (Å²) in [5.41, 5.74) is 6.55. The summed E-state index contributed by atoms with van der Waals surface area (Å²) in [7, 11) is 0. The van der Waals surface area contributed by atoms with Crippen LogP contribution in [0.1, 0.15) is 23.0 Å². The van der Waals surface area contributed by atoms with E-state index in [0.717, 1.165) is 0 Å². The van der Waals surface area contributed by atoms with Crippen LogP contribution in [0.25, 0.3) is 5.69 Å². The first kappa shape index (κ1) is 15.0. The highest BCUT2D eigenvalue weighted by Crippen LogP contribution is 2.21. The average molecular weight is 292 g/mol. The largest absolute Gasteiger partial charge is 0.504 e. The Hall–Kier alpha value is -2.41. The number of carbonyl (C=O) groups is 1. The van der Waals surface area contributed by atoms with Crippen molar-refractivity contribution in [3.63, 3.8) is 0 Å². The molecule has 0 radical (unpaired) electrons. The van der Waals surface area contributed by atoms with Crippen molar-refractivity contribution in [2.24, 2.45) is 5.73 Å². The lowest BCUT2D eigenvalue weighted by Gasteiger charge is -2.09. The SMILES string of the molecule is Cc1cc(F)ccc1-n1cc(O)c(C(=O)N[C@@H](C)CN)n1. The molecule has 1 amide bonds. The molecule has 0 saturated carbocycles. The fourth-order valence-corrected chi connectivity index (χ4v) is 1.88. The van der Waals surface area contributed by atoms with E-state index in [1.807, 2.05) is 0 Å². The van der Waals surface area contributed by atoms with Gasteiger partial charge in [-0.05, 0) is 37.6 Å². The number of hydrogen-bond donors (Lipinski definition) is 3. The first-order valence-electron chi connectivity index (χ1n) is 6.48. The lowest BCUT2D eigenvalue weighted by atomic mass is 10.2. The van der Waals surface area contributed by atoms with Gasteiger partial charge in [0.15, 0.2) is 11.4 Å². The Labute approximate surface area is 121 Å². The maximum atomic E-state index is 13.1. The van der Waals surface area contributed by atoms with E-state index in [-0.39, 0.29) is 29.8 Å². The number of nitrogens with one attached hydrogen (secondary N) is 1. The maximum absolute atomic E-state index is 13.1. The van der Waals surface area contributed by atoms with Crippen molar-refractivity contribution in [1.82, 2.24) is 15.1 Å². The van der Waals surface area contributed by atoms with Crippen LogP contribution in [0.4, 0.5) is 4.39 Å². The van der Waals surface area contributed by atoms with E-state index in [1.54, 1.807) is 13.8 Å².